The third kappa shape index (κ3) is 2.83. The van der Waals surface area contributed by atoms with E-state index in [4.69, 9.17) is 0 Å². The summed E-state index contributed by atoms with van der Waals surface area (Å²) in [5, 5.41) is 9.60. The van der Waals surface area contributed by atoms with Gasteiger partial charge in [0.25, 0.3) is 0 Å². The predicted octanol–water partition coefficient (Wildman–Crippen LogP) is 3.19. The Kier molecular flexibility index (Phi) is 3.76. The van der Waals surface area contributed by atoms with Gasteiger partial charge in [0, 0.05) is 0 Å². The van der Waals surface area contributed by atoms with Crippen molar-refractivity contribution in [3.05, 3.63) is 35.4 Å². The van der Waals surface area contributed by atoms with Gasteiger partial charge >= 0.3 is 0 Å². The number of aliphatic hydroxyl groups is 1. The van der Waals surface area contributed by atoms with Crippen LogP contribution in [0.5, 0.6) is 0 Å². The lowest BCUT2D eigenvalue weighted by Gasteiger charge is -2.10. The highest BCUT2D eigenvalue weighted by Gasteiger charge is 2.15. The molecule has 0 bridgehead atoms. The van der Waals surface area contributed by atoms with Gasteiger partial charge in [0.1, 0.15) is 11.6 Å². The second-order valence-corrected chi connectivity index (χ2v) is 5.55. The first-order valence-electron chi connectivity index (χ1n) is 5.02. The van der Waals surface area contributed by atoms with Crippen molar-refractivity contribution in [2.75, 3.05) is 0 Å². The number of aromatic nitrogens is 2. The lowest BCUT2D eigenvalue weighted by Crippen LogP contribution is -1.96. The fourth-order valence-corrected chi connectivity index (χ4v) is 3.18. The van der Waals surface area contributed by atoms with Gasteiger partial charge in [-0.15, -0.1) is 0 Å². The molecular weight excluding hydrogens is 259 g/mol. The number of benzene rings is 1. The maximum Gasteiger partial charge on any atom is 0.174 e. The molecule has 2 aromatic rings. The number of nitrogens with zero attached hydrogens (tertiary/aromatic N) is 2. The molecule has 1 N–H and O–H groups in total. The largest absolute Gasteiger partial charge is 0.389 e. The average Bonchev–Trinajstić information content (AvgIpc) is 2.67. The van der Waals surface area contributed by atoms with Crippen LogP contribution in [0.1, 0.15) is 24.4 Å². The number of aliphatic hydroxyl groups excluding tert-OH is 1. The molecule has 2 rings (SSSR count). The van der Waals surface area contributed by atoms with Gasteiger partial charge in [0.05, 0.1) is 11.0 Å². The summed E-state index contributed by atoms with van der Waals surface area (Å²) < 4.78 is 18.4. The zero-order valence-corrected chi connectivity index (χ0v) is 11.0. The Hall–Kier alpha value is -0.980. The highest BCUT2D eigenvalue weighted by Crippen LogP contribution is 2.35. The minimum Gasteiger partial charge on any atom is -0.389 e. The number of hydrogen-bond donors (Lipinski definition) is 1. The molecule has 0 aliphatic rings. The first-order chi connectivity index (χ1) is 8.08. The molecule has 0 aliphatic heterocycles. The van der Waals surface area contributed by atoms with Crippen LogP contribution in [-0.2, 0) is 0 Å². The summed E-state index contributed by atoms with van der Waals surface area (Å²) in [5.41, 5.74) is 0.572. The molecule has 90 valence electrons. The van der Waals surface area contributed by atoms with E-state index >= 15 is 0 Å². The first-order valence-corrected chi connectivity index (χ1v) is 6.61. The molecule has 6 heteroatoms. The van der Waals surface area contributed by atoms with E-state index in [1.165, 1.54) is 29.4 Å². The number of hydrogen-bond acceptors (Lipinski definition) is 5. The smallest absolute Gasteiger partial charge is 0.174 e. The molecule has 0 amide bonds. The van der Waals surface area contributed by atoms with E-state index in [9.17, 15) is 9.50 Å². The van der Waals surface area contributed by atoms with Crippen molar-refractivity contribution < 1.29 is 9.50 Å². The summed E-state index contributed by atoms with van der Waals surface area (Å²) in [4.78, 5) is 4.59. The van der Waals surface area contributed by atoms with Crippen molar-refractivity contribution in [2.24, 2.45) is 0 Å². The molecule has 1 aromatic heterocycles. The molecule has 1 heterocycles. The van der Waals surface area contributed by atoms with Crippen LogP contribution in [-0.4, -0.2) is 14.5 Å². The molecule has 0 aliphatic carbocycles. The summed E-state index contributed by atoms with van der Waals surface area (Å²) in [6, 6.07) is 4.68. The Morgan fingerprint density at radius 3 is 2.82 bits per heavy atom. The molecule has 0 spiro atoms. The van der Waals surface area contributed by atoms with Crippen molar-refractivity contribution >= 4 is 23.3 Å². The van der Waals surface area contributed by atoms with E-state index < -0.39 is 6.10 Å². The topological polar surface area (TPSA) is 46.0 Å². The summed E-state index contributed by atoms with van der Waals surface area (Å²) in [6.45, 7) is 3.40. The second kappa shape index (κ2) is 5.12. The third-order valence-corrected chi connectivity index (χ3v) is 4.12. The maximum absolute atomic E-state index is 13.7. The molecule has 0 saturated carbocycles. The lowest BCUT2D eigenvalue weighted by molar-refractivity contribution is 0.195. The fraction of sp³-hybridized carbons (Fsp3) is 0.273. The third-order valence-electron chi connectivity index (χ3n) is 2.15. The standard InChI is InChI=1S/C11H11FN2OS2/c1-6(15)8-4-3-5-9(12)10(8)16-11-13-7(2)14-17-11/h3-6,15H,1-2H3/t6-/m0/s1. The molecule has 17 heavy (non-hydrogen) atoms. The Morgan fingerprint density at radius 1 is 1.47 bits per heavy atom. The minimum atomic E-state index is -0.706. The van der Waals surface area contributed by atoms with Gasteiger partial charge < -0.3 is 5.11 Å². The molecular formula is C11H11FN2OS2. The zero-order valence-electron chi connectivity index (χ0n) is 9.35. The monoisotopic (exact) mass is 270 g/mol. The summed E-state index contributed by atoms with van der Waals surface area (Å²) in [7, 11) is 0. The second-order valence-electron chi connectivity index (χ2n) is 3.54. The van der Waals surface area contributed by atoms with Crippen LogP contribution in [0.2, 0.25) is 0 Å². The first kappa shape index (κ1) is 12.5. The Balaban J connectivity index is 2.37. The van der Waals surface area contributed by atoms with Crippen LogP contribution in [0, 0.1) is 12.7 Å². The van der Waals surface area contributed by atoms with Crippen LogP contribution in [0.3, 0.4) is 0 Å². The van der Waals surface area contributed by atoms with E-state index in [2.05, 4.69) is 9.36 Å². The quantitative estimate of drug-likeness (QED) is 0.930. The van der Waals surface area contributed by atoms with Gasteiger partial charge in [-0.25, -0.2) is 9.37 Å². The summed E-state index contributed by atoms with van der Waals surface area (Å²) >= 11 is 2.43. The summed E-state index contributed by atoms with van der Waals surface area (Å²) in [6.07, 6.45) is -0.706. The summed E-state index contributed by atoms with van der Waals surface area (Å²) in [5.74, 6) is 0.327. The van der Waals surface area contributed by atoms with E-state index in [1.807, 2.05) is 0 Å². The van der Waals surface area contributed by atoms with Crippen molar-refractivity contribution in [3.8, 4) is 0 Å². The number of rotatable bonds is 3. The van der Waals surface area contributed by atoms with Crippen molar-refractivity contribution in [3.63, 3.8) is 0 Å². The van der Waals surface area contributed by atoms with Crippen LogP contribution in [0.4, 0.5) is 4.39 Å². The molecule has 0 radical (unpaired) electrons. The van der Waals surface area contributed by atoms with E-state index in [0.717, 1.165) is 0 Å². The predicted molar refractivity (Wildman–Crippen MR) is 65.8 cm³/mol. The van der Waals surface area contributed by atoms with Crippen molar-refractivity contribution in [1.82, 2.24) is 9.36 Å². The van der Waals surface area contributed by atoms with Gasteiger partial charge in [-0.05, 0) is 37.0 Å². The van der Waals surface area contributed by atoms with E-state index in [-0.39, 0.29) is 5.82 Å². The number of halogens is 1. The SMILES string of the molecule is Cc1nsc(Sc2c(F)cccc2[C@H](C)O)n1. The van der Waals surface area contributed by atoms with Crippen molar-refractivity contribution in [1.29, 1.82) is 0 Å². The van der Waals surface area contributed by atoms with Crippen LogP contribution in [0.25, 0.3) is 0 Å². The number of aryl methyl sites for hydroxylation is 1. The van der Waals surface area contributed by atoms with Gasteiger partial charge in [-0.2, -0.15) is 4.37 Å². The highest BCUT2D eigenvalue weighted by atomic mass is 32.2. The molecule has 1 atom stereocenters. The van der Waals surface area contributed by atoms with Gasteiger partial charge in [-0.3, -0.25) is 0 Å². The van der Waals surface area contributed by atoms with E-state index in [1.54, 1.807) is 26.0 Å². The molecule has 0 unspecified atom stereocenters. The van der Waals surface area contributed by atoms with Gasteiger partial charge in [0.2, 0.25) is 0 Å². The molecule has 1 aromatic carbocycles. The molecule has 0 fully saturated rings. The van der Waals surface area contributed by atoms with Crippen LogP contribution < -0.4 is 0 Å². The van der Waals surface area contributed by atoms with E-state index in [0.29, 0.717) is 20.6 Å². The molecule has 3 nitrogen and oxygen atoms in total. The normalized spacial score (nSPS) is 12.7. The maximum atomic E-state index is 13.7. The highest BCUT2D eigenvalue weighted by molar-refractivity contribution is 8.01. The van der Waals surface area contributed by atoms with Gasteiger partial charge in [0.15, 0.2) is 4.34 Å². The average molecular weight is 270 g/mol. The van der Waals surface area contributed by atoms with Gasteiger partial charge in [-0.1, -0.05) is 23.9 Å². The zero-order chi connectivity index (χ0) is 12.4. The Bertz CT molecular complexity index is 528. The van der Waals surface area contributed by atoms with Crippen LogP contribution >= 0.6 is 23.3 Å². The Morgan fingerprint density at radius 2 is 2.24 bits per heavy atom. The fourth-order valence-electron chi connectivity index (χ4n) is 1.37. The minimum absolute atomic E-state index is 0.346. The molecule has 0 saturated heterocycles. The van der Waals surface area contributed by atoms with Crippen LogP contribution in [0.15, 0.2) is 27.4 Å². The lowest BCUT2D eigenvalue weighted by atomic mass is 10.1. The van der Waals surface area contributed by atoms with Crippen molar-refractivity contribution in [2.45, 2.75) is 29.2 Å². The Labute approximate surface area is 107 Å².